The number of carbonyl (C=O) groups is 2. The molecule has 2 amide bonds. The highest BCUT2D eigenvalue weighted by molar-refractivity contribution is 7.89. The molecule has 8 nitrogen and oxygen atoms in total. The molecule has 4 N–H and O–H groups in total. The van der Waals surface area contributed by atoms with Crippen molar-refractivity contribution < 1.29 is 23.1 Å². The summed E-state index contributed by atoms with van der Waals surface area (Å²) in [5, 5.41) is 9.95. The van der Waals surface area contributed by atoms with E-state index >= 15 is 0 Å². The predicted octanol–water partition coefficient (Wildman–Crippen LogP) is 1.88. The van der Waals surface area contributed by atoms with Crippen LogP contribution >= 0.6 is 11.6 Å². The number of aryl methyl sites for hydroxylation is 1. The van der Waals surface area contributed by atoms with Crippen molar-refractivity contribution in [1.82, 2.24) is 15.6 Å². The van der Waals surface area contributed by atoms with Crippen molar-refractivity contribution in [1.29, 1.82) is 0 Å². The lowest BCUT2D eigenvalue weighted by Crippen LogP contribution is -2.41. The van der Waals surface area contributed by atoms with Gasteiger partial charge in [-0.1, -0.05) is 23.7 Å². The molecule has 10 heteroatoms. The minimum Gasteiger partial charge on any atom is -0.507 e. The van der Waals surface area contributed by atoms with Gasteiger partial charge in [-0.15, -0.1) is 0 Å². The summed E-state index contributed by atoms with van der Waals surface area (Å²) in [4.78, 5) is 24.1. The number of sulfonamides is 1. The average molecular weight is 438 g/mol. The molecule has 0 aromatic heterocycles. The lowest BCUT2D eigenvalue weighted by molar-refractivity contribution is -0.121. The summed E-state index contributed by atoms with van der Waals surface area (Å²) >= 11 is 5.79. The molecule has 29 heavy (non-hydrogen) atoms. The molecule has 2 aromatic carbocycles. The molecule has 0 aliphatic heterocycles. The number of hydrogen-bond donors (Lipinski definition) is 4. The van der Waals surface area contributed by atoms with E-state index in [1.54, 1.807) is 12.1 Å². The number of hydrogen-bond acceptors (Lipinski definition) is 5. The van der Waals surface area contributed by atoms with Gasteiger partial charge in [-0.3, -0.25) is 20.4 Å². The Morgan fingerprint density at radius 3 is 2.41 bits per heavy atom. The zero-order chi connectivity index (χ0) is 21.0. The average Bonchev–Trinajstić information content (AvgIpc) is 3.50. The second-order valence-electron chi connectivity index (χ2n) is 6.70. The Bertz CT molecular complexity index is 1020. The van der Waals surface area contributed by atoms with Crippen LogP contribution in [-0.4, -0.2) is 31.4 Å². The van der Waals surface area contributed by atoms with Crippen LogP contribution in [0.1, 0.15) is 35.2 Å². The van der Waals surface area contributed by atoms with Gasteiger partial charge in [0.1, 0.15) is 5.75 Å². The van der Waals surface area contributed by atoms with Crippen LogP contribution in [-0.2, 0) is 21.2 Å². The molecule has 1 saturated carbocycles. The minimum absolute atomic E-state index is 0.0346. The fourth-order valence-electron chi connectivity index (χ4n) is 2.53. The third-order valence-electron chi connectivity index (χ3n) is 4.29. The monoisotopic (exact) mass is 437 g/mol. The second kappa shape index (κ2) is 8.81. The van der Waals surface area contributed by atoms with Crippen molar-refractivity contribution in [2.24, 2.45) is 0 Å². The van der Waals surface area contributed by atoms with E-state index in [-0.39, 0.29) is 33.7 Å². The molecule has 154 valence electrons. The van der Waals surface area contributed by atoms with E-state index < -0.39 is 21.8 Å². The summed E-state index contributed by atoms with van der Waals surface area (Å²) in [5.41, 5.74) is 5.20. The quantitative estimate of drug-likeness (QED) is 0.492. The molecule has 1 aliphatic rings. The van der Waals surface area contributed by atoms with Crippen LogP contribution < -0.4 is 15.6 Å². The molecule has 1 fully saturated rings. The molecule has 0 heterocycles. The highest BCUT2D eigenvalue weighted by Crippen LogP contribution is 2.22. The van der Waals surface area contributed by atoms with E-state index in [2.05, 4.69) is 15.6 Å². The molecule has 0 spiro atoms. The first-order chi connectivity index (χ1) is 13.7. The number of phenols is 1. The highest BCUT2D eigenvalue weighted by atomic mass is 35.5. The molecular weight excluding hydrogens is 418 g/mol. The van der Waals surface area contributed by atoms with E-state index in [0.29, 0.717) is 6.42 Å². The molecule has 2 aromatic rings. The van der Waals surface area contributed by atoms with Gasteiger partial charge in [-0.2, -0.15) is 0 Å². The third-order valence-corrected chi connectivity index (χ3v) is 6.06. The van der Waals surface area contributed by atoms with Crippen LogP contribution in [0.25, 0.3) is 0 Å². The fourth-order valence-corrected chi connectivity index (χ4v) is 4.01. The summed E-state index contributed by atoms with van der Waals surface area (Å²) in [6.45, 7) is 0. The number of carbonyl (C=O) groups excluding carboxylic acids is 2. The summed E-state index contributed by atoms with van der Waals surface area (Å²) in [7, 11) is -3.50. The Kier molecular flexibility index (Phi) is 6.41. The third kappa shape index (κ3) is 5.93. The number of phenolic OH excluding ortho intramolecular Hbond substituents is 1. The first kappa shape index (κ1) is 21.1. The zero-order valence-electron chi connectivity index (χ0n) is 15.3. The van der Waals surface area contributed by atoms with Crippen molar-refractivity contribution >= 4 is 33.4 Å². The zero-order valence-corrected chi connectivity index (χ0v) is 16.9. The smallest absolute Gasteiger partial charge is 0.273 e. The van der Waals surface area contributed by atoms with Gasteiger partial charge in [-0.25, -0.2) is 13.1 Å². The first-order valence-electron chi connectivity index (χ1n) is 8.93. The molecular formula is C19H20ClN3O5S. The van der Waals surface area contributed by atoms with Crippen molar-refractivity contribution in [3.05, 3.63) is 58.6 Å². The van der Waals surface area contributed by atoms with Gasteiger partial charge in [0.25, 0.3) is 5.91 Å². The highest BCUT2D eigenvalue weighted by Gasteiger charge is 2.27. The van der Waals surface area contributed by atoms with Crippen LogP contribution in [0.3, 0.4) is 0 Å². The van der Waals surface area contributed by atoms with Crippen molar-refractivity contribution in [3.8, 4) is 5.75 Å². The van der Waals surface area contributed by atoms with Crippen molar-refractivity contribution in [2.45, 2.75) is 36.6 Å². The van der Waals surface area contributed by atoms with Gasteiger partial charge >= 0.3 is 0 Å². The van der Waals surface area contributed by atoms with Gasteiger partial charge in [0.2, 0.25) is 15.9 Å². The van der Waals surface area contributed by atoms with Crippen LogP contribution in [0.15, 0.2) is 47.4 Å². The Balaban J connectivity index is 1.47. The maximum atomic E-state index is 12.1. The number of hydrazine groups is 1. The number of rotatable bonds is 7. The summed E-state index contributed by atoms with van der Waals surface area (Å²) in [5.74, 6) is -1.39. The maximum Gasteiger partial charge on any atom is 0.273 e. The first-order valence-corrected chi connectivity index (χ1v) is 10.8. The molecule has 0 saturated heterocycles. The van der Waals surface area contributed by atoms with Gasteiger partial charge in [0, 0.05) is 17.5 Å². The number of nitrogens with one attached hydrogen (secondary N) is 3. The van der Waals surface area contributed by atoms with E-state index in [4.69, 9.17) is 11.6 Å². The molecule has 1 aliphatic carbocycles. The van der Waals surface area contributed by atoms with Crippen LogP contribution in [0, 0.1) is 0 Å². The molecule has 3 rings (SSSR count). The largest absolute Gasteiger partial charge is 0.507 e. The number of halogens is 1. The number of benzene rings is 2. The lowest BCUT2D eigenvalue weighted by Gasteiger charge is -2.09. The van der Waals surface area contributed by atoms with E-state index in [0.717, 1.165) is 18.4 Å². The van der Waals surface area contributed by atoms with Gasteiger partial charge in [0.05, 0.1) is 10.5 Å². The standard InChI is InChI=1S/C19H20ClN3O5S/c20-13-4-9-17(24)16(11-13)19(26)22-21-18(25)10-3-12-1-7-15(8-2-12)29(27,28)23-14-5-6-14/h1-2,4,7-9,11,14,23-24H,3,5-6,10H2,(H,21,25)(H,22,26). The van der Waals surface area contributed by atoms with Gasteiger partial charge in [0.15, 0.2) is 0 Å². The lowest BCUT2D eigenvalue weighted by atomic mass is 10.1. The van der Waals surface area contributed by atoms with E-state index in [1.807, 2.05) is 0 Å². The predicted molar refractivity (Wildman–Crippen MR) is 107 cm³/mol. The Morgan fingerprint density at radius 1 is 1.07 bits per heavy atom. The minimum atomic E-state index is -3.50. The second-order valence-corrected chi connectivity index (χ2v) is 8.85. The van der Waals surface area contributed by atoms with Crippen molar-refractivity contribution in [3.63, 3.8) is 0 Å². The summed E-state index contributed by atoms with van der Waals surface area (Å²) in [6.07, 6.45) is 2.16. The Hall–Kier alpha value is -2.62. The van der Waals surface area contributed by atoms with Gasteiger partial charge < -0.3 is 5.11 Å². The molecule has 0 atom stereocenters. The van der Waals surface area contributed by atoms with Gasteiger partial charge in [-0.05, 0) is 55.2 Å². The van der Waals surface area contributed by atoms with Crippen LogP contribution in [0.2, 0.25) is 5.02 Å². The molecule has 0 unspecified atom stereocenters. The number of amides is 2. The summed E-state index contributed by atoms with van der Waals surface area (Å²) < 4.78 is 26.9. The van der Waals surface area contributed by atoms with E-state index in [1.165, 1.54) is 30.3 Å². The maximum absolute atomic E-state index is 12.1. The topological polar surface area (TPSA) is 125 Å². The molecule has 0 radical (unpaired) electrons. The summed E-state index contributed by atoms with van der Waals surface area (Å²) in [6, 6.07) is 10.3. The van der Waals surface area contributed by atoms with Crippen molar-refractivity contribution in [2.75, 3.05) is 0 Å². The van der Waals surface area contributed by atoms with E-state index in [9.17, 15) is 23.1 Å². The SMILES string of the molecule is O=C(CCc1ccc(S(=O)(=O)NC2CC2)cc1)NNC(=O)c1cc(Cl)ccc1O. The van der Waals surface area contributed by atoms with Crippen LogP contribution in [0.5, 0.6) is 5.75 Å². The molecule has 0 bridgehead atoms. The van der Waals surface area contributed by atoms with Crippen LogP contribution in [0.4, 0.5) is 0 Å². The number of aromatic hydroxyl groups is 1. The Labute approximate surface area is 173 Å². The fraction of sp³-hybridized carbons (Fsp3) is 0.263. The Morgan fingerprint density at radius 2 is 1.76 bits per heavy atom. The normalized spacial score (nSPS) is 13.7.